The number of piperidine rings is 1. The molecule has 2 aliphatic heterocycles. The van der Waals surface area contributed by atoms with Crippen LogP contribution >= 0.6 is 0 Å². The van der Waals surface area contributed by atoms with Gasteiger partial charge in [0.1, 0.15) is 0 Å². The van der Waals surface area contributed by atoms with Crippen LogP contribution in [-0.4, -0.2) is 36.3 Å². The number of fused-ring (bicyclic) bond motifs is 1. The monoisotopic (exact) mass is 349 g/mol. The molecule has 4 rings (SSSR count). The molecule has 0 aromatic heterocycles. The molecule has 2 amide bonds. The maximum Gasteiger partial charge on any atom is 0.261 e. The normalized spacial score (nSPS) is 17.8. The third-order valence-corrected chi connectivity index (χ3v) is 5.30. The molecule has 2 heterocycles. The van der Waals surface area contributed by atoms with Gasteiger partial charge in [0, 0.05) is 18.8 Å². The Bertz CT molecular complexity index is 811. The fourth-order valence-corrected chi connectivity index (χ4v) is 3.81. The molecule has 0 atom stereocenters. The molecule has 0 bridgehead atoms. The van der Waals surface area contributed by atoms with Crippen LogP contribution in [0.5, 0.6) is 0 Å². The number of rotatable bonds is 5. The van der Waals surface area contributed by atoms with Crippen molar-refractivity contribution in [3.8, 4) is 0 Å². The summed E-state index contributed by atoms with van der Waals surface area (Å²) in [5, 5.41) is 5.76. The zero-order valence-corrected chi connectivity index (χ0v) is 14.7. The van der Waals surface area contributed by atoms with Gasteiger partial charge in [-0.25, -0.2) is 0 Å². The highest BCUT2D eigenvalue weighted by atomic mass is 16.2. The van der Waals surface area contributed by atoms with Crippen LogP contribution in [0.4, 0.5) is 5.69 Å². The van der Waals surface area contributed by atoms with Gasteiger partial charge in [0.25, 0.3) is 11.8 Å². The average molecular weight is 349 g/mol. The first-order valence-electron chi connectivity index (χ1n) is 9.19. The summed E-state index contributed by atoms with van der Waals surface area (Å²) in [6.07, 6.45) is 2.28. The quantitative estimate of drug-likeness (QED) is 0.815. The van der Waals surface area contributed by atoms with Crippen LogP contribution in [0.3, 0.4) is 0 Å². The summed E-state index contributed by atoms with van der Waals surface area (Å²) >= 11 is 0. The number of benzene rings is 2. The number of carbonyl (C=O) groups is 2. The van der Waals surface area contributed by atoms with Crippen LogP contribution in [0.25, 0.3) is 0 Å². The van der Waals surface area contributed by atoms with Gasteiger partial charge in [0.2, 0.25) is 0 Å². The van der Waals surface area contributed by atoms with Gasteiger partial charge in [-0.1, -0.05) is 36.4 Å². The third-order valence-electron chi connectivity index (χ3n) is 5.30. The summed E-state index contributed by atoms with van der Waals surface area (Å²) in [6, 6.07) is 16.0. The largest absolute Gasteiger partial charge is 0.384 e. The highest BCUT2D eigenvalue weighted by molar-refractivity contribution is 6.23. The van der Waals surface area contributed by atoms with E-state index in [1.54, 1.807) is 6.07 Å². The van der Waals surface area contributed by atoms with E-state index in [-0.39, 0.29) is 11.8 Å². The van der Waals surface area contributed by atoms with E-state index in [1.165, 1.54) is 5.56 Å². The van der Waals surface area contributed by atoms with Crippen molar-refractivity contribution in [3.05, 3.63) is 65.2 Å². The van der Waals surface area contributed by atoms with E-state index in [4.69, 9.17) is 0 Å². The Labute approximate surface area is 153 Å². The van der Waals surface area contributed by atoms with Crippen LogP contribution in [0.15, 0.2) is 48.5 Å². The van der Waals surface area contributed by atoms with E-state index in [2.05, 4.69) is 45.9 Å². The van der Waals surface area contributed by atoms with Crippen molar-refractivity contribution in [3.63, 3.8) is 0 Å². The van der Waals surface area contributed by atoms with E-state index in [9.17, 15) is 9.59 Å². The predicted molar refractivity (Wildman–Crippen MR) is 101 cm³/mol. The van der Waals surface area contributed by atoms with Crippen LogP contribution in [0.2, 0.25) is 0 Å². The zero-order valence-electron chi connectivity index (χ0n) is 14.7. The smallest absolute Gasteiger partial charge is 0.261 e. The van der Waals surface area contributed by atoms with Gasteiger partial charge < -0.3 is 5.32 Å². The Morgan fingerprint density at radius 3 is 2.50 bits per heavy atom. The minimum Gasteiger partial charge on any atom is -0.384 e. The van der Waals surface area contributed by atoms with E-state index < -0.39 is 0 Å². The number of imide groups is 1. The first-order valence-corrected chi connectivity index (χ1v) is 9.19. The molecular weight excluding hydrogens is 326 g/mol. The zero-order chi connectivity index (χ0) is 17.9. The highest BCUT2D eigenvalue weighted by Crippen LogP contribution is 2.26. The molecule has 0 radical (unpaired) electrons. The van der Waals surface area contributed by atoms with Gasteiger partial charge in [0.15, 0.2) is 0 Å². The third kappa shape index (κ3) is 3.48. The summed E-state index contributed by atoms with van der Waals surface area (Å²) < 4.78 is 0. The fourth-order valence-electron chi connectivity index (χ4n) is 3.81. The van der Waals surface area contributed by atoms with Crippen molar-refractivity contribution < 1.29 is 9.59 Å². The number of anilines is 1. The van der Waals surface area contributed by atoms with E-state index in [0.717, 1.165) is 44.7 Å². The summed E-state index contributed by atoms with van der Waals surface area (Å²) in [5.41, 5.74) is 3.08. The average Bonchev–Trinajstić information content (AvgIpc) is 2.97. The Kier molecular flexibility index (Phi) is 4.71. The molecule has 1 saturated heterocycles. The molecule has 5 heteroatoms. The van der Waals surface area contributed by atoms with E-state index >= 15 is 0 Å². The number of hydrogen-bond acceptors (Lipinski definition) is 4. The number of likely N-dealkylation sites (tertiary alicyclic amines) is 1. The maximum atomic E-state index is 12.0. The second kappa shape index (κ2) is 7.30. The standard InChI is InChI=1S/C21H23N3O2/c25-20-17-7-4-8-18(19(17)21(26)23-20)22-13-15-9-11-24(12-10-15)14-16-5-2-1-3-6-16/h1-8,15,22H,9-14H2,(H,23,25,26). The van der Waals surface area contributed by atoms with Crippen molar-refractivity contribution in [1.29, 1.82) is 0 Å². The Balaban J connectivity index is 1.31. The topological polar surface area (TPSA) is 61.4 Å². The lowest BCUT2D eigenvalue weighted by Crippen LogP contribution is -2.35. The van der Waals surface area contributed by atoms with Gasteiger partial charge in [0.05, 0.1) is 11.1 Å². The van der Waals surface area contributed by atoms with E-state index in [1.807, 2.05) is 12.1 Å². The van der Waals surface area contributed by atoms with Crippen LogP contribution in [-0.2, 0) is 6.54 Å². The van der Waals surface area contributed by atoms with Gasteiger partial charge in [-0.2, -0.15) is 0 Å². The highest BCUT2D eigenvalue weighted by Gasteiger charge is 2.29. The first-order chi connectivity index (χ1) is 12.7. The molecule has 0 spiro atoms. The summed E-state index contributed by atoms with van der Waals surface area (Å²) in [5.74, 6) is -0.0216. The molecule has 2 aromatic carbocycles. The number of amides is 2. The van der Waals surface area contributed by atoms with E-state index in [0.29, 0.717) is 17.0 Å². The molecular formula is C21H23N3O2. The van der Waals surface area contributed by atoms with Crippen LogP contribution in [0, 0.1) is 5.92 Å². The number of carbonyl (C=O) groups excluding carboxylic acids is 2. The van der Waals surface area contributed by atoms with Gasteiger partial charge in [-0.05, 0) is 49.5 Å². The van der Waals surface area contributed by atoms with Crippen LogP contribution in [0.1, 0.15) is 39.1 Å². The van der Waals surface area contributed by atoms with Crippen LogP contribution < -0.4 is 10.6 Å². The van der Waals surface area contributed by atoms with Crippen molar-refractivity contribution in [2.45, 2.75) is 19.4 Å². The van der Waals surface area contributed by atoms with Gasteiger partial charge >= 0.3 is 0 Å². The minimum absolute atomic E-state index is 0.300. The molecule has 2 N–H and O–H groups in total. The lowest BCUT2D eigenvalue weighted by molar-refractivity contribution is 0.0880. The summed E-state index contributed by atoms with van der Waals surface area (Å²) in [6.45, 7) is 4.02. The molecule has 2 aromatic rings. The lowest BCUT2D eigenvalue weighted by atomic mass is 9.96. The minimum atomic E-state index is -0.303. The molecule has 26 heavy (non-hydrogen) atoms. The Morgan fingerprint density at radius 1 is 0.962 bits per heavy atom. The number of hydrogen-bond donors (Lipinski definition) is 2. The SMILES string of the molecule is O=C1NC(=O)c2c(NCC3CCN(Cc4ccccc4)CC3)cccc21. The second-order valence-corrected chi connectivity index (χ2v) is 7.10. The van der Waals surface area contributed by atoms with Crippen molar-refractivity contribution in [2.75, 3.05) is 25.0 Å². The van der Waals surface area contributed by atoms with Gasteiger partial charge in [-0.15, -0.1) is 0 Å². The predicted octanol–water partition coefficient (Wildman–Crippen LogP) is 2.89. The summed E-state index contributed by atoms with van der Waals surface area (Å²) in [7, 11) is 0. The summed E-state index contributed by atoms with van der Waals surface area (Å²) in [4.78, 5) is 26.2. The van der Waals surface area contributed by atoms with Gasteiger partial charge in [-0.3, -0.25) is 19.8 Å². The second-order valence-electron chi connectivity index (χ2n) is 7.10. The Hall–Kier alpha value is -2.66. The first kappa shape index (κ1) is 16.8. The molecule has 5 nitrogen and oxygen atoms in total. The number of nitrogens with one attached hydrogen (secondary N) is 2. The molecule has 134 valence electrons. The fraction of sp³-hybridized carbons (Fsp3) is 0.333. The number of nitrogens with zero attached hydrogens (tertiary/aromatic N) is 1. The van der Waals surface area contributed by atoms with Crippen molar-refractivity contribution >= 4 is 17.5 Å². The molecule has 1 fully saturated rings. The molecule has 2 aliphatic rings. The lowest BCUT2D eigenvalue weighted by Gasteiger charge is -2.32. The van der Waals surface area contributed by atoms with Crippen molar-refractivity contribution in [2.24, 2.45) is 5.92 Å². The Morgan fingerprint density at radius 2 is 1.73 bits per heavy atom. The van der Waals surface area contributed by atoms with Crippen molar-refractivity contribution in [1.82, 2.24) is 10.2 Å². The molecule has 0 unspecified atom stereocenters. The molecule has 0 saturated carbocycles. The molecule has 0 aliphatic carbocycles. The maximum absolute atomic E-state index is 12.0.